The molecular formula is C25H29F3N6O2. The third-order valence-electron chi connectivity index (χ3n) is 6.76. The van der Waals surface area contributed by atoms with Gasteiger partial charge in [0.1, 0.15) is 5.82 Å². The molecule has 0 bridgehead atoms. The number of primary amides is 1. The van der Waals surface area contributed by atoms with Crippen molar-refractivity contribution in [3.63, 3.8) is 0 Å². The molecule has 2 aromatic heterocycles. The molecule has 0 spiro atoms. The third kappa shape index (κ3) is 5.77. The molecule has 0 unspecified atom stereocenters. The number of fused-ring (bicyclic) bond motifs is 1. The molecule has 1 saturated heterocycles. The minimum Gasteiger partial charge on any atom is -0.366 e. The van der Waals surface area contributed by atoms with Crippen LogP contribution in [0.3, 0.4) is 0 Å². The Labute approximate surface area is 206 Å². The Morgan fingerprint density at radius 2 is 1.86 bits per heavy atom. The number of carbonyl (C=O) groups is 2. The van der Waals surface area contributed by atoms with Crippen molar-refractivity contribution in [1.29, 1.82) is 0 Å². The lowest BCUT2D eigenvalue weighted by molar-refractivity contribution is -0.141. The number of unbranched alkanes of at least 4 members (excludes halogenated alkanes) is 1. The number of rotatable bonds is 8. The van der Waals surface area contributed by atoms with E-state index < -0.39 is 17.8 Å². The summed E-state index contributed by atoms with van der Waals surface area (Å²) in [5, 5.41) is 1.03. The second kappa shape index (κ2) is 10.5. The van der Waals surface area contributed by atoms with Crippen molar-refractivity contribution < 1.29 is 22.8 Å². The van der Waals surface area contributed by atoms with Crippen LogP contribution in [0.1, 0.15) is 48.2 Å². The van der Waals surface area contributed by atoms with Gasteiger partial charge in [-0.1, -0.05) is 6.07 Å². The molecule has 4 rings (SSSR count). The number of nitrogens with two attached hydrogens (primary N) is 1. The summed E-state index contributed by atoms with van der Waals surface area (Å²) >= 11 is 0. The van der Waals surface area contributed by atoms with Gasteiger partial charge in [0.2, 0.25) is 11.8 Å². The number of aryl methyl sites for hydroxylation is 1. The van der Waals surface area contributed by atoms with Crippen LogP contribution >= 0.6 is 0 Å². The molecule has 36 heavy (non-hydrogen) atoms. The van der Waals surface area contributed by atoms with Gasteiger partial charge >= 0.3 is 6.18 Å². The summed E-state index contributed by atoms with van der Waals surface area (Å²) in [6.07, 6.45) is 2.78. The van der Waals surface area contributed by atoms with E-state index in [4.69, 9.17) is 5.73 Å². The van der Waals surface area contributed by atoms with Crippen LogP contribution in [0.25, 0.3) is 10.9 Å². The molecule has 1 aliphatic rings. The van der Waals surface area contributed by atoms with Gasteiger partial charge in [0.05, 0.1) is 12.4 Å². The molecule has 0 radical (unpaired) electrons. The first kappa shape index (κ1) is 25.5. The molecule has 3 aromatic rings. The number of alkyl halides is 3. The van der Waals surface area contributed by atoms with Gasteiger partial charge in [0, 0.05) is 56.4 Å². The Balaban J connectivity index is 1.22. The van der Waals surface area contributed by atoms with E-state index >= 15 is 0 Å². The van der Waals surface area contributed by atoms with E-state index in [1.54, 1.807) is 17.0 Å². The zero-order valence-corrected chi connectivity index (χ0v) is 20.0. The van der Waals surface area contributed by atoms with Crippen molar-refractivity contribution in [2.45, 2.75) is 50.9 Å². The maximum absolute atomic E-state index is 12.7. The fraction of sp³-hybridized carbons (Fsp3) is 0.440. The Morgan fingerprint density at radius 1 is 1.11 bits per heavy atom. The summed E-state index contributed by atoms with van der Waals surface area (Å²) in [7, 11) is 1.81. The zero-order chi connectivity index (χ0) is 25.9. The number of carbonyl (C=O) groups excluding carboxylic acids is 2. The van der Waals surface area contributed by atoms with E-state index in [-0.39, 0.29) is 11.9 Å². The van der Waals surface area contributed by atoms with E-state index in [1.165, 1.54) is 0 Å². The lowest BCUT2D eigenvalue weighted by Gasteiger charge is -2.37. The van der Waals surface area contributed by atoms with Gasteiger partial charge < -0.3 is 20.1 Å². The second-order valence-corrected chi connectivity index (χ2v) is 9.08. The van der Waals surface area contributed by atoms with Crippen molar-refractivity contribution >= 4 is 28.5 Å². The predicted octanol–water partition coefficient (Wildman–Crippen LogP) is 3.85. The van der Waals surface area contributed by atoms with Gasteiger partial charge in [-0.05, 0) is 49.3 Å². The zero-order valence-electron chi connectivity index (χ0n) is 20.0. The topological polar surface area (TPSA) is 97.4 Å². The lowest BCUT2D eigenvalue weighted by Crippen LogP contribution is -2.45. The number of hydrogen-bond acceptors (Lipinski definition) is 5. The summed E-state index contributed by atoms with van der Waals surface area (Å²) < 4.78 is 40.1. The van der Waals surface area contributed by atoms with Gasteiger partial charge in [0.15, 0.2) is 5.69 Å². The summed E-state index contributed by atoms with van der Waals surface area (Å²) in [5.74, 6) is 0.0310. The predicted molar refractivity (Wildman–Crippen MR) is 129 cm³/mol. The minimum atomic E-state index is -4.51. The highest BCUT2D eigenvalue weighted by Crippen LogP contribution is 2.28. The van der Waals surface area contributed by atoms with Crippen molar-refractivity contribution in [3.8, 4) is 0 Å². The molecule has 0 saturated carbocycles. The van der Waals surface area contributed by atoms with Gasteiger partial charge in [0.25, 0.3) is 0 Å². The average Bonchev–Trinajstić information content (AvgIpc) is 3.28. The first-order valence-electron chi connectivity index (χ1n) is 11.9. The van der Waals surface area contributed by atoms with Crippen LogP contribution in [0.2, 0.25) is 0 Å². The molecule has 1 fully saturated rings. The normalized spacial score (nSPS) is 14.8. The number of amides is 2. The highest BCUT2D eigenvalue weighted by Gasteiger charge is 2.33. The smallest absolute Gasteiger partial charge is 0.366 e. The Bertz CT molecular complexity index is 1220. The standard InChI is InChI=1S/C25H29F3N6O2/c1-32(19-8-12-34(13-9-19)22-16-30-21(15-31-22)25(26,27)28)23(35)4-2-3-10-33-11-7-17-5-6-18(24(29)36)14-20(17)33/h5-7,11,14-16,19H,2-4,8-10,12-13H2,1H3,(H2,29,36). The van der Waals surface area contributed by atoms with Crippen LogP contribution in [0.4, 0.5) is 19.0 Å². The molecule has 2 amide bonds. The van der Waals surface area contributed by atoms with Gasteiger partial charge in [-0.3, -0.25) is 9.59 Å². The summed E-state index contributed by atoms with van der Waals surface area (Å²) in [5.41, 5.74) is 5.79. The summed E-state index contributed by atoms with van der Waals surface area (Å²) in [6.45, 7) is 1.92. The number of piperidine rings is 1. The Morgan fingerprint density at radius 3 is 2.50 bits per heavy atom. The molecule has 2 N–H and O–H groups in total. The summed E-state index contributed by atoms with van der Waals surface area (Å²) in [6, 6.07) is 7.45. The number of nitrogens with zero attached hydrogens (tertiary/aromatic N) is 5. The number of aromatic nitrogens is 3. The largest absolute Gasteiger partial charge is 0.434 e. The molecule has 3 heterocycles. The van der Waals surface area contributed by atoms with Crippen molar-refractivity contribution in [1.82, 2.24) is 19.4 Å². The molecule has 192 valence electrons. The molecular weight excluding hydrogens is 473 g/mol. The van der Waals surface area contributed by atoms with Gasteiger partial charge in [-0.2, -0.15) is 13.2 Å². The van der Waals surface area contributed by atoms with Crippen LogP contribution in [-0.4, -0.2) is 57.4 Å². The first-order valence-corrected chi connectivity index (χ1v) is 11.9. The number of benzene rings is 1. The van der Waals surface area contributed by atoms with Gasteiger partial charge in [-0.25, -0.2) is 9.97 Å². The third-order valence-corrected chi connectivity index (χ3v) is 6.76. The van der Waals surface area contributed by atoms with Gasteiger partial charge in [-0.15, -0.1) is 0 Å². The van der Waals surface area contributed by atoms with Crippen LogP contribution < -0.4 is 10.6 Å². The molecule has 0 atom stereocenters. The van der Waals surface area contributed by atoms with Crippen molar-refractivity contribution in [2.24, 2.45) is 5.73 Å². The lowest BCUT2D eigenvalue weighted by atomic mass is 10.0. The summed E-state index contributed by atoms with van der Waals surface area (Å²) in [4.78, 5) is 35.3. The van der Waals surface area contributed by atoms with E-state index in [0.29, 0.717) is 43.7 Å². The molecule has 1 aromatic carbocycles. The highest BCUT2D eigenvalue weighted by atomic mass is 19.4. The second-order valence-electron chi connectivity index (χ2n) is 9.08. The average molecular weight is 503 g/mol. The quantitative estimate of drug-likeness (QED) is 0.472. The van der Waals surface area contributed by atoms with E-state index in [2.05, 4.69) is 14.5 Å². The van der Waals surface area contributed by atoms with Crippen LogP contribution in [0.5, 0.6) is 0 Å². The van der Waals surface area contributed by atoms with Crippen LogP contribution in [0, 0.1) is 0 Å². The number of anilines is 1. The molecule has 0 aliphatic carbocycles. The first-order chi connectivity index (χ1) is 17.1. The van der Waals surface area contributed by atoms with Crippen molar-refractivity contribution in [2.75, 3.05) is 25.0 Å². The number of halogens is 3. The maximum Gasteiger partial charge on any atom is 0.434 e. The monoisotopic (exact) mass is 502 g/mol. The van der Waals surface area contributed by atoms with E-state index in [0.717, 1.165) is 42.7 Å². The fourth-order valence-electron chi connectivity index (χ4n) is 4.58. The van der Waals surface area contributed by atoms with Crippen LogP contribution in [0.15, 0.2) is 42.9 Å². The highest BCUT2D eigenvalue weighted by molar-refractivity contribution is 5.97. The SMILES string of the molecule is CN(C(=O)CCCCn1ccc2ccc(C(N)=O)cc21)C1CCN(c2cnc(C(F)(F)F)cn2)CC1. The Hall–Kier alpha value is -3.63. The molecule has 8 nitrogen and oxygen atoms in total. The van der Waals surface area contributed by atoms with E-state index in [9.17, 15) is 22.8 Å². The minimum absolute atomic E-state index is 0.0798. The van der Waals surface area contributed by atoms with E-state index in [1.807, 2.05) is 30.3 Å². The number of hydrogen-bond donors (Lipinski definition) is 1. The Kier molecular flexibility index (Phi) is 7.46. The maximum atomic E-state index is 12.7. The van der Waals surface area contributed by atoms with Crippen molar-refractivity contribution in [3.05, 3.63) is 54.1 Å². The van der Waals surface area contributed by atoms with Crippen LogP contribution in [-0.2, 0) is 17.5 Å². The molecule has 1 aliphatic heterocycles. The molecule has 11 heteroatoms. The fourth-order valence-corrected chi connectivity index (χ4v) is 4.58.